The molecule has 0 aliphatic carbocycles. The molecule has 0 aliphatic heterocycles. The zero-order chi connectivity index (χ0) is 15.2. The van der Waals surface area contributed by atoms with Gasteiger partial charge in [0.25, 0.3) is 5.91 Å². The number of rotatable bonds is 5. The normalized spacial score (nSPS) is 10.4. The Labute approximate surface area is 124 Å². The van der Waals surface area contributed by atoms with Gasteiger partial charge in [0, 0.05) is 29.7 Å². The molecule has 0 saturated carbocycles. The van der Waals surface area contributed by atoms with E-state index in [0.717, 1.165) is 29.8 Å². The van der Waals surface area contributed by atoms with Gasteiger partial charge < -0.3 is 11.1 Å². The molecule has 21 heavy (non-hydrogen) atoms. The average molecular weight is 284 g/mol. The Kier molecular flexibility index (Phi) is 4.87. The van der Waals surface area contributed by atoms with Gasteiger partial charge in [0.15, 0.2) is 0 Å². The summed E-state index contributed by atoms with van der Waals surface area (Å²) in [5.74, 6) is 0.227. The molecule has 2 aromatic rings. The summed E-state index contributed by atoms with van der Waals surface area (Å²) >= 11 is 0. The van der Waals surface area contributed by atoms with Crippen LogP contribution in [-0.4, -0.2) is 15.9 Å². The summed E-state index contributed by atoms with van der Waals surface area (Å²) in [6.45, 7) is 4.43. The van der Waals surface area contributed by atoms with E-state index in [-0.39, 0.29) is 5.91 Å². The lowest BCUT2D eigenvalue weighted by Gasteiger charge is -2.08. The number of carbonyl (C=O) groups is 1. The predicted octanol–water partition coefficient (Wildman–Crippen LogP) is 2.25. The average Bonchev–Trinajstić information content (AvgIpc) is 2.46. The van der Waals surface area contributed by atoms with Gasteiger partial charge in [-0.1, -0.05) is 19.4 Å². The van der Waals surface area contributed by atoms with Crippen molar-refractivity contribution in [2.75, 3.05) is 5.73 Å². The number of aryl methyl sites for hydroxylation is 2. The van der Waals surface area contributed by atoms with Crippen LogP contribution >= 0.6 is 0 Å². The fourth-order valence-corrected chi connectivity index (χ4v) is 2.01. The minimum absolute atomic E-state index is 0.151. The Morgan fingerprint density at radius 1 is 1.33 bits per heavy atom. The fraction of sp³-hybridized carbons (Fsp3) is 0.312. The van der Waals surface area contributed by atoms with Crippen LogP contribution in [0.2, 0.25) is 0 Å². The molecule has 5 nitrogen and oxygen atoms in total. The zero-order valence-corrected chi connectivity index (χ0v) is 12.4. The van der Waals surface area contributed by atoms with Crippen molar-refractivity contribution >= 4 is 11.7 Å². The van der Waals surface area contributed by atoms with Crippen molar-refractivity contribution in [3.63, 3.8) is 0 Å². The standard InChI is InChI=1S/C16H20N4O/c1-3-4-14-7-13(8-15(17)20-14)16(21)19-10-12-6-5-11(2)18-9-12/h5-9H,3-4,10H2,1-2H3,(H2,17,20)(H,19,21). The van der Waals surface area contributed by atoms with Gasteiger partial charge in [-0.05, 0) is 37.1 Å². The van der Waals surface area contributed by atoms with Crippen LogP contribution in [0.1, 0.15) is 40.7 Å². The third kappa shape index (κ3) is 4.27. The van der Waals surface area contributed by atoms with Crippen LogP contribution in [-0.2, 0) is 13.0 Å². The maximum Gasteiger partial charge on any atom is 0.251 e. The Bertz CT molecular complexity index is 623. The zero-order valence-electron chi connectivity index (χ0n) is 12.4. The molecule has 2 rings (SSSR count). The van der Waals surface area contributed by atoms with Crippen LogP contribution in [0.5, 0.6) is 0 Å². The van der Waals surface area contributed by atoms with E-state index < -0.39 is 0 Å². The molecule has 0 bridgehead atoms. The van der Waals surface area contributed by atoms with Gasteiger partial charge in [-0.3, -0.25) is 9.78 Å². The highest BCUT2D eigenvalue weighted by Gasteiger charge is 2.08. The minimum Gasteiger partial charge on any atom is -0.384 e. The summed E-state index contributed by atoms with van der Waals surface area (Å²) < 4.78 is 0. The van der Waals surface area contributed by atoms with Crippen LogP contribution in [0.25, 0.3) is 0 Å². The van der Waals surface area contributed by atoms with Gasteiger partial charge in [0.1, 0.15) is 5.82 Å². The van der Waals surface area contributed by atoms with Crippen molar-refractivity contribution in [2.45, 2.75) is 33.2 Å². The number of pyridine rings is 2. The Morgan fingerprint density at radius 3 is 2.81 bits per heavy atom. The summed E-state index contributed by atoms with van der Waals surface area (Å²) in [6.07, 6.45) is 3.54. The summed E-state index contributed by atoms with van der Waals surface area (Å²) in [4.78, 5) is 20.6. The smallest absolute Gasteiger partial charge is 0.251 e. The number of anilines is 1. The monoisotopic (exact) mass is 284 g/mol. The topological polar surface area (TPSA) is 80.9 Å². The second-order valence-corrected chi connectivity index (χ2v) is 5.01. The van der Waals surface area contributed by atoms with Gasteiger partial charge in [-0.2, -0.15) is 0 Å². The van der Waals surface area contributed by atoms with E-state index in [0.29, 0.717) is 17.9 Å². The van der Waals surface area contributed by atoms with E-state index in [4.69, 9.17) is 5.73 Å². The maximum atomic E-state index is 12.2. The third-order valence-corrected chi connectivity index (χ3v) is 3.09. The molecule has 0 spiro atoms. The fourth-order valence-electron chi connectivity index (χ4n) is 2.01. The van der Waals surface area contributed by atoms with Gasteiger partial charge in [-0.15, -0.1) is 0 Å². The first-order valence-corrected chi connectivity index (χ1v) is 7.04. The number of nitrogens with two attached hydrogens (primary N) is 1. The third-order valence-electron chi connectivity index (χ3n) is 3.09. The second-order valence-electron chi connectivity index (χ2n) is 5.01. The highest BCUT2D eigenvalue weighted by atomic mass is 16.1. The van der Waals surface area contributed by atoms with E-state index >= 15 is 0 Å². The minimum atomic E-state index is -0.151. The van der Waals surface area contributed by atoms with Gasteiger partial charge in [0.2, 0.25) is 0 Å². The number of hydrogen-bond donors (Lipinski definition) is 2. The molecule has 3 N–H and O–H groups in total. The van der Waals surface area contributed by atoms with Crippen LogP contribution in [0.4, 0.5) is 5.82 Å². The van der Waals surface area contributed by atoms with E-state index in [2.05, 4.69) is 22.2 Å². The van der Waals surface area contributed by atoms with E-state index in [1.807, 2.05) is 19.1 Å². The van der Waals surface area contributed by atoms with Crippen LogP contribution in [0, 0.1) is 6.92 Å². The molecule has 5 heteroatoms. The first kappa shape index (κ1) is 15.0. The molecular formula is C16H20N4O. The van der Waals surface area contributed by atoms with Gasteiger partial charge in [-0.25, -0.2) is 4.98 Å². The number of nitrogens with zero attached hydrogens (tertiary/aromatic N) is 2. The van der Waals surface area contributed by atoms with Gasteiger partial charge in [0.05, 0.1) is 0 Å². The van der Waals surface area contributed by atoms with E-state index in [9.17, 15) is 4.79 Å². The highest BCUT2D eigenvalue weighted by Crippen LogP contribution is 2.10. The molecular weight excluding hydrogens is 264 g/mol. The first-order chi connectivity index (χ1) is 10.1. The molecule has 2 heterocycles. The number of nitrogens with one attached hydrogen (secondary N) is 1. The first-order valence-electron chi connectivity index (χ1n) is 7.04. The molecule has 0 aliphatic rings. The Balaban J connectivity index is 2.04. The van der Waals surface area contributed by atoms with Crippen molar-refractivity contribution in [3.05, 3.63) is 53.0 Å². The van der Waals surface area contributed by atoms with Crippen molar-refractivity contribution in [2.24, 2.45) is 0 Å². The molecule has 0 fully saturated rings. The van der Waals surface area contributed by atoms with E-state index in [1.54, 1.807) is 18.3 Å². The lowest BCUT2D eigenvalue weighted by molar-refractivity contribution is 0.0950. The molecule has 0 radical (unpaired) electrons. The number of carbonyl (C=O) groups excluding carboxylic acids is 1. The molecule has 1 amide bonds. The molecule has 0 aromatic carbocycles. The molecule has 2 aromatic heterocycles. The summed E-state index contributed by atoms with van der Waals surface area (Å²) in [5, 5.41) is 2.87. The molecule has 0 unspecified atom stereocenters. The van der Waals surface area contributed by atoms with Crippen molar-refractivity contribution in [3.8, 4) is 0 Å². The van der Waals surface area contributed by atoms with E-state index in [1.165, 1.54) is 0 Å². The lowest BCUT2D eigenvalue weighted by atomic mass is 10.1. The molecule has 110 valence electrons. The summed E-state index contributed by atoms with van der Waals surface area (Å²) in [7, 11) is 0. The van der Waals surface area contributed by atoms with Crippen molar-refractivity contribution in [1.82, 2.24) is 15.3 Å². The van der Waals surface area contributed by atoms with Crippen molar-refractivity contribution < 1.29 is 4.79 Å². The van der Waals surface area contributed by atoms with Crippen LogP contribution in [0.15, 0.2) is 30.5 Å². The SMILES string of the molecule is CCCc1cc(C(=O)NCc2ccc(C)nc2)cc(N)n1. The molecule has 0 saturated heterocycles. The number of amides is 1. The number of nitrogen functional groups attached to an aromatic ring is 1. The highest BCUT2D eigenvalue weighted by molar-refractivity contribution is 5.94. The quantitative estimate of drug-likeness (QED) is 0.882. The summed E-state index contributed by atoms with van der Waals surface area (Å²) in [5.41, 5.74) is 9.06. The Hall–Kier alpha value is -2.43. The largest absolute Gasteiger partial charge is 0.384 e. The van der Waals surface area contributed by atoms with Crippen molar-refractivity contribution in [1.29, 1.82) is 0 Å². The predicted molar refractivity (Wildman–Crippen MR) is 82.8 cm³/mol. The summed E-state index contributed by atoms with van der Waals surface area (Å²) in [6, 6.07) is 7.27. The van der Waals surface area contributed by atoms with Crippen LogP contribution < -0.4 is 11.1 Å². The van der Waals surface area contributed by atoms with Gasteiger partial charge >= 0.3 is 0 Å². The lowest BCUT2D eigenvalue weighted by Crippen LogP contribution is -2.23. The number of hydrogen-bond acceptors (Lipinski definition) is 4. The molecule has 0 atom stereocenters. The number of aromatic nitrogens is 2. The maximum absolute atomic E-state index is 12.2. The Morgan fingerprint density at radius 2 is 2.14 bits per heavy atom. The van der Waals surface area contributed by atoms with Crippen LogP contribution in [0.3, 0.4) is 0 Å². The second kappa shape index (κ2) is 6.83.